The molecule has 1 aliphatic heterocycles. The van der Waals surface area contributed by atoms with Crippen LogP contribution >= 0.6 is 0 Å². The van der Waals surface area contributed by atoms with Crippen LogP contribution in [0.2, 0.25) is 0 Å². The maximum absolute atomic E-state index is 13.0. The average molecular weight is 395 g/mol. The summed E-state index contributed by atoms with van der Waals surface area (Å²) in [6, 6.07) is 7.49. The lowest BCUT2D eigenvalue weighted by Crippen LogP contribution is -2.54. The number of urea groups is 1. The molecule has 1 fully saturated rings. The Balaban J connectivity index is 2.06. The van der Waals surface area contributed by atoms with Crippen molar-refractivity contribution in [3.05, 3.63) is 53.9 Å². The minimum Gasteiger partial charge on any atom is -0.493 e. The van der Waals surface area contributed by atoms with E-state index >= 15 is 0 Å². The van der Waals surface area contributed by atoms with Crippen LogP contribution in [0.15, 0.2) is 48.3 Å². The number of hydrogen-bond acceptors (Lipinski definition) is 6. The molecule has 1 atom stereocenters. The van der Waals surface area contributed by atoms with Gasteiger partial charge < -0.3 is 9.47 Å². The molecule has 29 heavy (non-hydrogen) atoms. The summed E-state index contributed by atoms with van der Waals surface area (Å²) < 4.78 is 11.3. The normalized spacial score (nSPS) is 16.6. The van der Waals surface area contributed by atoms with Crippen LogP contribution in [0.4, 0.5) is 10.5 Å². The number of para-hydroxylation sites is 1. The molecule has 0 bridgehead atoms. The molecule has 2 heterocycles. The summed E-state index contributed by atoms with van der Waals surface area (Å²) >= 11 is 0. The summed E-state index contributed by atoms with van der Waals surface area (Å²) in [5, 5.41) is 2.19. The minimum absolute atomic E-state index is 0.104. The van der Waals surface area contributed by atoms with Crippen LogP contribution in [0, 0.1) is 0 Å². The van der Waals surface area contributed by atoms with Crippen LogP contribution in [0.3, 0.4) is 0 Å². The van der Waals surface area contributed by atoms with E-state index in [4.69, 9.17) is 9.47 Å². The molecule has 0 saturated carbocycles. The summed E-state index contributed by atoms with van der Waals surface area (Å²) in [6.07, 6.45) is 4.94. The predicted octanol–water partition coefficient (Wildman–Crippen LogP) is 2.93. The number of barbiturate groups is 1. The van der Waals surface area contributed by atoms with Crippen molar-refractivity contribution in [3.8, 4) is 11.5 Å². The smallest absolute Gasteiger partial charge is 0.336 e. The molecule has 1 aliphatic rings. The first-order valence-corrected chi connectivity index (χ1v) is 9.11. The number of imide groups is 2. The van der Waals surface area contributed by atoms with Gasteiger partial charge in [-0.1, -0.05) is 19.1 Å². The fourth-order valence-corrected chi connectivity index (χ4v) is 2.75. The summed E-state index contributed by atoms with van der Waals surface area (Å²) in [6.45, 7) is 3.89. The summed E-state index contributed by atoms with van der Waals surface area (Å²) in [7, 11) is 1.51. The van der Waals surface area contributed by atoms with Gasteiger partial charge in [0.25, 0.3) is 11.8 Å². The van der Waals surface area contributed by atoms with Crippen molar-refractivity contribution in [2.24, 2.45) is 0 Å². The van der Waals surface area contributed by atoms with Crippen molar-refractivity contribution >= 4 is 29.6 Å². The lowest BCUT2D eigenvalue weighted by atomic mass is 10.1. The summed E-state index contributed by atoms with van der Waals surface area (Å²) in [5.41, 5.74) is 0.550. The molecule has 0 aliphatic carbocycles. The van der Waals surface area contributed by atoms with E-state index in [9.17, 15) is 14.4 Å². The van der Waals surface area contributed by atoms with E-state index in [1.54, 1.807) is 30.3 Å². The van der Waals surface area contributed by atoms with Crippen molar-refractivity contribution in [2.75, 3.05) is 12.0 Å². The lowest BCUT2D eigenvalue weighted by Gasteiger charge is -2.26. The van der Waals surface area contributed by atoms with Gasteiger partial charge in [-0.25, -0.2) is 9.69 Å². The third-order valence-corrected chi connectivity index (χ3v) is 4.43. The molecule has 8 heteroatoms. The second-order valence-electron chi connectivity index (χ2n) is 6.38. The average Bonchev–Trinajstić information content (AvgIpc) is 2.72. The highest BCUT2D eigenvalue weighted by molar-refractivity contribution is 6.39. The Hall–Kier alpha value is -3.68. The maximum atomic E-state index is 13.0. The molecule has 0 radical (unpaired) electrons. The molecule has 8 nitrogen and oxygen atoms in total. The van der Waals surface area contributed by atoms with Gasteiger partial charge in [0.05, 0.1) is 25.1 Å². The van der Waals surface area contributed by atoms with E-state index < -0.39 is 17.8 Å². The zero-order valence-electron chi connectivity index (χ0n) is 16.3. The maximum Gasteiger partial charge on any atom is 0.336 e. The monoisotopic (exact) mass is 395 g/mol. The molecule has 1 aromatic heterocycles. The number of pyridine rings is 1. The second-order valence-corrected chi connectivity index (χ2v) is 6.38. The van der Waals surface area contributed by atoms with Crippen LogP contribution in [-0.4, -0.2) is 36.0 Å². The van der Waals surface area contributed by atoms with Gasteiger partial charge in [0.2, 0.25) is 0 Å². The number of nitrogens with zero attached hydrogens (tertiary/aromatic N) is 2. The Morgan fingerprint density at radius 1 is 1.21 bits per heavy atom. The molecule has 0 spiro atoms. The fraction of sp³-hybridized carbons (Fsp3) is 0.238. The number of carbonyl (C=O) groups is 3. The standard InChI is InChI=1S/C21H21N3O5/c1-4-13(2)29-18-14(7-5-9-17(18)28-3)11-16-19(25)23-21(27)24(20(16)26)15-8-6-10-22-12-15/h5-13H,4H2,1-3H3,(H,23,25,27)/b16-11+/t13-/m0/s1. The quantitative estimate of drug-likeness (QED) is 0.597. The van der Waals surface area contributed by atoms with Crippen LogP contribution in [0.5, 0.6) is 11.5 Å². The first kappa shape index (κ1) is 20.1. The highest BCUT2D eigenvalue weighted by Gasteiger charge is 2.37. The number of amides is 4. The molecule has 1 N–H and O–H groups in total. The van der Waals surface area contributed by atoms with Gasteiger partial charge in [0.1, 0.15) is 5.57 Å². The Labute approximate surface area is 168 Å². The molecule has 2 aromatic rings. The Kier molecular flexibility index (Phi) is 5.92. The molecule has 3 rings (SSSR count). The Morgan fingerprint density at radius 3 is 2.66 bits per heavy atom. The van der Waals surface area contributed by atoms with E-state index in [2.05, 4.69) is 10.3 Å². The molecule has 1 saturated heterocycles. The molecular weight excluding hydrogens is 374 g/mol. The molecular formula is C21H21N3O5. The van der Waals surface area contributed by atoms with Gasteiger partial charge in [-0.3, -0.25) is 19.9 Å². The van der Waals surface area contributed by atoms with Gasteiger partial charge >= 0.3 is 6.03 Å². The summed E-state index contributed by atoms with van der Waals surface area (Å²) in [5.74, 6) is -0.632. The lowest BCUT2D eigenvalue weighted by molar-refractivity contribution is -0.122. The van der Waals surface area contributed by atoms with E-state index in [1.807, 2.05) is 13.8 Å². The molecule has 1 aromatic carbocycles. The summed E-state index contributed by atoms with van der Waals surface area (Å²) in [4.78, 5) is 42.4. The van der Waals surface area contributed by atoms with E-state index in [-0.39, 0.29) is 17.4 Å². The van der Waals surface area contributed by atoms with Gasteiger partial charge in [-0.2, -0.15) is 0 Å². The minimum atomic E-state index is -0.827. The van der Waals surface area contributed by atoms with E-state index in [0.29, 0.717) is 17.1 Å². The van der Waals surface area contributed by atoms with Crippen molar-refractivity contribution in [3.63, 3.8) is 0 Å². The number of methoxy groups -OCH3 is 1. The van der Waals surface area contributed by atoms with Crippen molar-refractivity contribution in [1.29, 1.82) is 0 Å². The van der Waals surface area contributed by atoms with E-state index in [1.165, 1.54) is 25.6 Å². The van der Waals surface area contributed by atoms with Gasteiger partial charge in [-0.15, -0.1) is 0 Å². The number of rotatable bonds is 6. The number of carbonyl (C=O) groups excluding carboxylic acids is 3. The first-order valence-electron chi connectivity index (χ1n) is 9.11. The Morgan fingerprint density at radius 2 is 2.00 bits per heavy atom. The second kappa shape index (κ2) is 8.55. The van der Waals surface area contributed by atoms with Gasteiger partial charge in [0.15, 0.2) is 11.5 Å². The van der Waals surface area contributed by atoms with E-state index in [0.717, 1.165) is 11.3 Å². The van der Waals surface area contributed by atoms with Gasteiger partial charge in [-0.05, 0) is 37.6 Å². The third kappa shape index (κ3) is 4.11. The van der Waals surface area contributed by atoms with Crippen LogP contribution in [0.25, 0.3) is 6.08 Å². The number of nitrogens with one attached hydrogen (secondary N) is 1. The fourth-order valence-electron chi connectivity index (χ4n) is 2.75. The zero-order valence-corrected chi connectivity index (χ0v) is 16.3. The highest BCUT2D eigenvalue weighted by Crippen LogP contribution is 2.34. The van der Waals surface area contributed by atoms with Crippen molar-refractivity contribution < 1.29 is 23.9 Å². The Bertz CT molecular complexity index is 972. The van der Waals surface area contributed by atoms with Crippen molar-refractivity contribution in [1.82, 2.24) is 10.3 Å². The van der Waals surface area contributed by atoms with Gasteiger partial charge in [0, 0.05) is 11.8 Å². The molecule has 0 unspecified atom stereocenters. The third-order valence-electron chi connectivity index (χ3n) is 4.43. The number of anilines is 1. The molecule has 4 amide bonds. The molecule has 150 valence electrons. The zero-order chi connectivity index (χ0) is 21.0. The first-order chi connectivity index (χ1) is 14.0. The largest absolute Gasteiger partial charge is 0.493 e. The van der Waals surface area contributed by atoms with Crippen LogP contribution < -0.4 is 19.7 Å². The van der Waals surface area contributed by atoms with Crippen LogP contribution in [-0.2, 0) is 9.59 Å². The number of ether oxygens (including phenoxy) is 2. The topological polar surface area (TPSA) is 97.8 Å². The number of aromatic nitrogens is 1. The van der Waals surface area contributed by atoms with Crippen LogP contribution in [0.1, 0.15) is 25.8 Å². The highest BCUT2D eigenvalue weighted by atomic mass is 16.5. The predicted molar refractivity (Wildman–Crippen MR) is 107 cm³/mol. The number of hydrogen-bond donors (Lipinski definition) is 1. The van der Waals surface area contributed by atoms with Crippen molar-refractivity contribution in [2.45, 2.75) is 26.4 Å². The number of benzene rings is 1. The SMILES string of the molecule is CC[C@H](C)Oc1c(/C=C2\C(=O)NC(=O)N(c3cccnc3)C2=O)cccc1OC.